The van der Waals surface area contributed by atoms with Crippen molar-refractivity contribution < 1.29 is 4.42 Å². The van der Waals surface area contributed by atoms with Gasteiger partial charge in [-0.25, -0.2) is 9.97 Å². The molecule has 50 heavy (non-hydrogen) atoms. The molecule has 0 fully saturated rings. The van der Waals surface area contributed by atoms with E-state index in [1.807, 2.05) is 18.2 Å². The molecule has 0 amide bonds. The van der Waals surface area contributed by atoms with Crippen LogP contribution in [-0.4, -0.2) is 14.5 Å². The summed E-state index contributed by atoms with van der Waals surface area (Å²) in [6.45, 7) is 0. The summed E-state index contributed by atoms with van der Waals surface area (Å²) in [5.74, 6) is 0.623. The first-order valence-electron chi connectivity index (χ1n) is 17.0. The Hall–Kier alpha value is -6.78. The van der Waals surface area contributed by atoms with Gasteiger partial charge in [0.2, 0.25) is 5.95 Å². The molecule has 11 aromatic rings. The normalized spacial score (nSPS) is 12.4. The fourth-order valence-corrected chi connectivity index (χ4v) is 8.67. The van der Waals surface area contributed by atoms with Gasteiger partial charge in [0.05, 0.1) is 11.0 Å². The maximum absolute atomic E-state index is 6.65. The van der Waals surface area contributed by atoms with Crippen molar-refractivity contribution >= 4 is 76.2 Å². The average Bonchev–Trinajstić information content (AvgIpc) is 3.69. The molecule has 0 saturated heterocycles. The van der Waals surface area contributed by atoms with Crippen molar-refractivity contribution in [3.63, 3.8) is 0 Å². The summed E-state index contributed by atoms with van der Waals surface area (Å²) < 4.78 is 8.91. The first-order chi connectivity index (χ1) is 24.8. The summed E-state index contributed by atoms with van der Waals surface area (Å²) in [7, 11) is 0. The van der Waals surface area contributed by atoms with E-state index in [9.17, 15) is 0 Å². The van der Waals surface area contributed by atoms with Gasteiger partial charge in [0, 0.05) is 21.7 Å². The zero-order valence-electron chi connectivity index (χ0n) is 26.7. The maximum atomic E-state index is 6.65. The molecule has 4 heteroatoms. The van der Waals surface area contributed by atoms with Crippen LogP contribution in [0.25, 0.3) is 116 Å². The SMILES string of the molecule is c1cc2c3c(cccc3c1)-c1cccc3c1c1c-2cccc1n3-c1nc(-c2cc3ccccc3c3ccccc23)c2oc3ccccc3c2n1. The predicted molar refractivity (Wildman–Crippen MR) is 206 cm³/mol. The van der Waals surface area contributed by atoms with Gasteiger partial charge >= 0.3 is 0 Å². The van der Waals surface area contributed by atoms with Gasteiger partial charge in [0.1, 0.15) is 16.8 Å². The number of rotatable bonds is 2. The van der Waals surface area contributed by atoms with Crippen molar-refractivity contribution in [2.45, 2.75) is 0 Å². The zero-order chi connectivity index (χ0) is 32.5. The number of furan rings is 1. The van der Waals surface area contributed by atoms with Gasteiger partial charge < -0.3 is 4.42 Å². The highest BCUT2D eigenvalue weighted by Gasteiger charge is 2.27. The van der Waals surface area contributed by atoms with Gasteiger partial charge in [-0.2, -0.15) is 0 Å². The third-order valence-electron chi connectivity index (χ3n) is 10.7. The van der Waals surface area contributed by atoms with E-state index in [1.54, 1.807) is 0 Å². The van der Waals surface area contributed by atoms with E-state index in [-0.39, 0.29) is 0 Å². The van der Waals surface area contributed by atoms with Crippen LogP contribution in [0.3, 0.4) is 0 Å². The van der Waals surface area contributed by atoms with E-state index in [0.717, 1.165) is 49.5 Å². The molecular formula is C46H25N3O. The Morgan fingerprint density at radius 3 is 1.70 bits per heavy atom. The topological polar surface area (TPSA) is 43.9 Å². The van der Waals surface area contributed by atoms with E-state index in [2.05, 4.69) is 138 Å². The molecule has 3 heterocycles. The van der Waals surface area contributed by atoms with Gasteiger partial charge in [-0.3, -0.25) is 4.57 Å². The number of para-hydroxylation sites is 1. The molecule has 1 aliphatic carbocycles. The third-order valence-corrected chi connectivity index (χ3v) is 10.7. The maximum Gasteiger partial charge on any atom is 0.236 e. The van der Waals surface area contributed by atoms with Crippen molar-refractivity contribution in [3.8, 4) is 39.5 Å². The first kappa shape index (κ1) is 26.2. The fourth-order valence-electron chi connectivity index (χ4n) is 8.67. The van der Waals surface area contributed by atoms with Crippen LogP contribution in [0, 0.1) is 0 Å². The average molecular weight is 636 g/mol. The number of aromatic nitrogens is 3. The van der Waals surface area contributed by atoms with Crippen LogP contribution in [-0.2, 0) is 0 Å². The Morgan fingerprint density at radius 1 is 0.420 bits per heavy atom. The van der Waals surface area contributed by atoms with Crippen LogP contribution in [0.2, 0.25) is 0 Å². The van der Waals surface area contributed by atoms with E-state index in [0.29, 0.717) is 11.5 Å². The summed E-state index contributed by atoms with van der Waals surface area (Å²) in [5, 5.41) is 10.7. The molecule has 0 unspecified atom stereocenters. The van der Waals surface area contributed by atoms with Crippen molar-refractivity contribution in [1.29, 1.82) is 0 Å². The standard InChI is InChI=1S/C46H25N3O/c1-2-14-28-27(11-1)25-36(30-16-4-3-15-29(28)30)44-45-43(35-17-5-6-24-39(35)50-45)47-46(48-44)49-37-22-9-20-33-31-18-7-12-26-13-8-19-32(40(26)31)34-21-10-23-38(49)42(34)41(33)37/h1-25H. The molecule has 230 valence electrons. The minimum absolute atomic E-state index is 0.623. The lowest BCUT2D eigenvalue weighted by Crippen LogP contribution is -2.03. The quantitative estimate of drug-likeness (QED) is 0.178. The van der Waals surface area contributed by atoms with Gasteiger partial charge in [-0.05, 0) is 84.9 Å². The molecule has 0 saturated carbocycles. The second-order valence-corrected chi connectivity index (χ2v) is 13.3. The fraction of sp³-hybridized carbons (Fsp3) is 0. The zero-order valence-corrected chi connectivity index (χ0v) is 26.7. The first-order valence-corrected chi connectivity index (χ1v) is 17.0. The molecule has 1 aliphatic rings. The summed E-state index contributed by atoms with van der Waals surface area (Å²) in [6.07, 6.45) is 0. The summed E-state index contributed by atoms with van der Waals surface area (Å²) in [5.41, 5.74) is 11.2. The smallest absolute Gasteiger partial charge is 0.236 e. The molecule has 0 radical (unpaired) electrons. The van der Waals surface area contributed by atoms with Crippen LogP contribution in [0.15, 0.2) is 156 Å². The molecule has 0 atom stereocenters. The molecule has 0 aliphatic heterocycles. The highest BCUT2D eigenvalue weighted by Crippen LogP contribution is 2.49. The van der Waals surface area contributed by atoms with E-state index < -0.39 is 0 Å². The highest BCUT2D eigenvalue weighted by atomic mass is 16.3. The Labute approximate surface area is 285 Å². The van der Waals surface area contributed by atoms with Crippen LogP contribution < -0.4 is 0 Å². The Morgan fingerprint density at radius 2 is 0.980 bits per heavy atom. The largest absolute Gasteiger partial charge is 0.452 e. The lowest BCUT2D eigenvalue weighted by molar-refractivity contribution is 0.666. The van der Waals surface area contributed by atoms with Crippen molar-refractivity contribution in [3.05, 3.63) is 152 Å². The Balaban J connectivity index is 1.26. The number of benzene rings is 8. The second-order valence-electron chi connectivity index (χ2n) is 13.3. The van der Waals surface area contributed by atoms with E-state index in [1.165, 1.54) is 54.6 Å². The lowest BCUT2D eigenvalue weighted by Gasteiger charge is -2.14. The minimum Gasteiger partial charge on any atom is -0.452 e. The molecule has 0 spiro atoms. The van der Waals surface area contributed by atoms with E-state index in [4.69, 9.17) is 14.4 Å². The molecule has 8 aromatic carbocycles. The number of hydrogen-bond acceptors (Lipinski definition) is 3. The van der Waals surface area contributed by atoms with Gasteiger partial charge in [0.25, 0.3) is 0 Å². The third kappa shape index (κ3) is 3.30. The van der Waals surface area contributed by atoms with Gasteiger partial charge in [-0.15, -0.1) is 0 Å². The van der Waals surface area contributed by atoms with Crippen molar-refractivity contribution in [2.24, 2.45) is 0 Å². The molecule has 0 N–H and O–H groups in total. The van der Waals surface area contributed by atoms with Crippen LogP contribution in [0.5, 0.6) is 0 Å². The molecule has 3 aromatic heterocycles. The van der Waals surface area contributed by atoms with E-state index >= 15 is 0 Å². The Bertz CT molecular complexity index is 3180. The second kappa shape index (κ2) is 9.43. The molecule has 4 nitrogen and oxygen atoms in total. The Kier molecular flexibility index (Phi) is 4.94. The summed E-state index contributed by atoms with van der Waals surface area (Å²) >= 11 is 0. The van der Waals surface area contributed by atoms with Gasteiger partial charge in [0.15, 0.2) is 5.58 Å². The van der Waals surface area contributed by atoms with Crippen molar-refractivity contribution in [1.82, 2.24) is 14.5 Å². The summed E-state index contributed by atoms with van der Waals surface area (Å²) in [6, 6.07) is 54.2. The minimum atomic E-state index is 0.623. The number of hydrogen-bond donors (Lipinski definition) is 0. The van der Waals surface area contributed by atoms with Crippen LogP contribution in [0.1, 0.15) is 0 Å². The van der Waals surface area contributed by atoms with Crippen LogP contribution in [0.4, 0.5) is 0 Å². The predicted octanol–water partition coefficient (Wildman–Crippen LogP) is 12.2. The lowest BCUT2D eigenvalue weighted by atomic mass is 9.93. The van der Waals surface area contributed by atoms with Crippen LogP contribution >= 0.6 is 0 Å². The monoisotopic (exact) mass is 635 g/mol. The summed E-state index contributed by atoms with van der Waals surface area (Å²) in [4.78, 5) is 10.9. The van der Waals surface area contributed by atoms with Crippen molar-refractivity contribution in [2.75, 3.05) is 0 Å². The number of fused-ring (bicyclic) bond motifs is 8. The molecule has 12 rings (SSSR count). The molecule has 0 bridgehead atoms. The van der Waals surface area contributed by atoms with Gasteiger partial charge in [-0.1, -0.05) is 121 Å². The highest BCUT2D eigenvalue weighted by molar-refractivity contribution is 6.27. The molecular weight excluding hydrogens is 611 g/mol. The number of nitrogens with zero attached hydrogens (tertiary/aromatic N) is 3.